The van der Waals surface area contributed by atoms with E-state index in [1.54, 1.807) is 7.11 Å². The second kappa shape index (κ2) is 6.14. The van der Waals surface area contributed by atoms with Crippen molar-refractivity contribution >= 4 is 34.6 Å². The van der Waals surface area contributed by atoms with Crippen LogP contribution in [0.5, 0.6) is 5.75 Å². The average Bonchev–Trinajstić information content (AvgIpc) is 2.50. The third-order valence-electron chi connectivity index (χ3n) is 5.93. The fourth-order valence-electron chi connectivity index (χ4n) is 5.25. The maximum atomic E-state index is 6.09. The van der Waals surface area contributed by atoms with Gasteiger partial charge in [-0.15, -0.1) is 0 Å². The van der Waals surface area contributed by atoms with Gasteiger partial charge in [0.25, 0.3) is 0 Å². The highest BCUT2D eigenvalue weighted by atomic mass is 35.5. The lowest BCUT2D eigenvalue weighted by atomic mass is 9.54. The minimum atomic E-state index is 0.535. The van der Waals surface area contributed by atoms with E-state index in [9.17, 15) is 0 Å². The highest BCUT2D eigenvalue weighted by Gasteiger charge is 2.48. The Labute approximate surface area is 148 Å². The lowest BCUT2D eigenvalue weighted by Gasteiger charge is -2.54. The van der Waals surface area contributed by atoms with Gasteiger partial charge in [-0.05, 0) is 86.2 Å². The number of anilines is 1. The van der Waals surface area contributed by atoms with Crippen molar-refractivity contribution in [1.82, 2.24) is 5.32 Å². The first-order chi connectivity index (χ1) is 11.1. The molecule has 0 aromatic heterocycles. The molecule has 0 saturated heterocycles. The van der Waals surface area contributed by atoms with Crippen molar-refractivity contribution in [2.75, 3.05) is 12.4 Å². The monoisotopic (exact) mass is 350 g/mol. The summed E-state index contributed by atoms with van der Waals surface area (Å²) in [5, 5.41) is 8.23. The first-order valence-electron chi connectivity index (χ1n) is 8.53. The Morgan fingerprint density at radius 1 is 1.13 bits per heavy atom. The molecule has 4 bridgehead atoms. The molecule has 0 radical (unpaired) electrons. The number of hydrogen-bond acceptors (Lipinski definition) is 2. The molecular weight excluding hydrogens is 328 g/mol. The van der Waals surface area contributed by atoms with Crippen LogP contribution in [-0.2, 0) is 0 Å². The van der Waals surface area contributed by atoms with Crippen molar-refractivity contribution in [3.05, 3.63) is 23.2 Å². The predicted molar refractivity (Wildman–Crippen MR) is 98.2 cm³/mol. The zero-order valence-electron chi connectivity index (χ0n) is 13.3. The van der Waals surface area contributed by atoms with Crippen LogP contribution in [-0.4, -0.2) is 18.3 Å². The number of thiocarbonyl (C=S) groups is 1. The number of methoxy groups -OCH3 is 1. The van der Waals surface area contributed by atoms with Gasteiger partial charge in [0.1, 0.15) is 5.75 Å². The Balaban J connectivity index is 1.44. The van der Waals surface area contributed by atoms with Gasteiger partial charge in [0.2, 0.25) is 0 Å². The zero-order valence-corrected chi connectivity index (χ0v) is 14.9. The zero-order chi connectivity index (χ0) is 16.0. The summed E-state index contributed by atoms with van der Waals surface area (Å²) in [5.41, 5.74) is 0.821. The molecule has 1 aromatic carbocycles. The van der Waals surface area contributed by atoms with Crippen molar-refractivity contribution in [1.29, 1.82) is 0 Å². The molecule has 4 aliphatic carbocycles. The van der Waals surface area contributed by atoms with E-state index in [0.29, 0.717) is 16.2 Å². The molecule has 1 aromatic rings. The molecule has 124 valence electrons. The molecule has 23 heavy (non-hydrogen) atoms. The van der Waals surface area contributed by atoms with E-state index < -0.39 is 0 Å². The van der Waals surface area contributed by atoms with Crippen LogP contribution >= 0.6 is 23.8 Å². The topological polar surface area (TPSA) is 33.3 Å². The number of ether oxygens (including phenoxy) is 1. The summed E-state index contributed by atoms with van der Waals surface area (Å²) >= 11 is 11.7. The first-order valence-corrected chi connectivity index (χ1v) is 9.32. The molecule has 0 spiro atoms. The highest BCUT2D eigenvalue weighted by molar-refractivity contribution is 7.80. The summed E-state index contributed by atoms with van der Waals surface area (Å²) in [5.74, 6) is 4.30. The normalized spacial score (nSPS) is 34.3. The van der Waals surface area contributed by atoms with Crippen LogP contribution in [0, 0.1) is 23.7 Å². The van der Waals surface area contributed by atoms with Gasteiger partial charge in [0.15, 0.2) is 5.11 Å². The minimum Gasteiger partial charge on any atom is -0.495 e. The van der Waals surface area contributed by atoms with E-state index >= 15 is 0 Å². The highest BCUT2D eigenvalue weighted by Crippen LogP contribution is 2.53. The number of rotatable bonds is 3. The molecule has 0 amide bonds. The number of halogens is 1. The van der Waals surface area contributed by atoms with Gasteiger partial charge < -0.3 is 15.4 Å². The second-order valence-electron chi connectivity index (χ2n) is 7.40. The number of nitrogens with one attached hydrogen (secondary N) is 2. The van der Waals surface area contributed by atoms with Crippen molar-refractivity contribution in [2.24, 2.45) is 23.7 Å². The van der Waals surface area contributed by atoms with Crippen LogP contribution in [0.1, 0.15) is 32.1 Å². The number of hydrogen-bond donors (Lipinski definition) is 2. The van der Waals surface area contributed by atoms with Gasteiger partial charge in [0, 0.05) is 11.1 Å². The molecule has 0 unspecified atom stereocenters. The van der Waals surface area contributed by atoms with E-state index in [4.69, 9.17) is 28.6 Å². The number of benzene rings is 1. The summed E-state index contributed by atoms with van der Waals surface area (Å²) in [4.78, 5) is 0. The molecular formula is C18H23ClN2OS. The fraction of sp³-hybridized carbons (Fsp3) is 0.611. The van der Waals surface area contributed by atoms with Crippen LogP contribution in [0.25, 0.3) is 0 Å². The molecule has 0 heterocycles. The Morgan fingerprint density at radius 2 is 1.78 bits per heavy atom. The smallest absolute Gasteiger partial charge is 0.171 e. The van der Waals surface area contributed by atoms with Crippen molar-refractivity contribution < 1.29 is 4.74 Å². The summed E-state index contributed by atoms with van der Waals surface area (Å²) in [6.07, 6.45) is 7.01. The van der Waals surface area contributed by atoms with Crippen LogP contribution in [0.4, 0.5) is 5.69 Å². The van der Waals surface area contributed by atoms with Crippen LogP contribution in [0.15, 0.2) is 18.2 Å². The van der Waals surface area contributed by atoms with Gasteiger partial charge >= 0.3 is 0 Å². The SMILES string of the molecule is COc1ccc(Cl)cc1NC(=S)NC1C2CC3CC(C2)CC1C3. The van der Waals surface area contributed by atoms with Gasteiger partial charge in [-0.3, -0.25) is 0 Å². The summed E-state index contributed by atoms with van der Waals surface area (Å²) in [7, 11) is 1.66. The molecule has 2 N–H and O–H groups in total. The molecule has 5 heteroatoms. The van der Waals surface area contributed by atoms with Crippen LogP contribution < -0.4 is 15.4 Å². The van der Waals surface area contributed by atoms with Crippen LogP contribution in [0.3, 0.4) is 0 Å². The largest absolute Gasteiger partial charge is 0.495 e. The standard InChI is InChI=1S/C18H23ClN2OS/c1-22-16-3-2-14(19)9-15(16)20-18(23)21-17-12-5-10-4-11(7-12)8-13(17)6-10/h2-3,9-13,17H,4-8H2,1H3,(H2,20,21,23). The van der Waals surface area contributed by atoms with Gasteiger partial charge in [-0.2, -0.15) is 0 Å². The fourth-order valence-corrected chi connectivity index (χ4v) is 5.67. The third-order valence-corrected chi connectivity index (χ3v) is 6.39. The quantitative estimate of drug-likeness (QED) is 0.788. The van der Waals surface area contributed by atoms with Gasteiger partial charge in [-0.25, -0.2) is 0 Å². The van der Waals surface area contributed by atoms with E-state index in [1.165, 1.54) is 32.1 Å². The molecule has 0 atom stereocenters. The minimum absolute atomic E-state index is 0.535. The summed E-state index contributed by atoms with van der Waals surface area (Å²) < 4.78 is 5.38. The Morgan fingerprint density at radius 3 is 2.39 bits per heavy atom. The molecule has 0 aliphatic heterocycles. The lowest BCUT2D eigenvalue weighted by molar-refractivity contribution is -0.00665. The predicted octanol–water partition coefficient (Wildman–Crippen LogP) is 4.46. The van der Waals surface area contributed by atoms with E-state index in [2.05, 4.69) is 10.6 Å². The van der Waals surface area contributed by atoms with E-state index in [1.807, 2.05) is 18.2 Å². The van der Waals surface area contributed by atoms with Gasteiger partial charge in [-0.1, -0.05) is 11.6 Å². The van der Waals surface area contributed by atoms with Gasteiger partial charge in [0.05, 0.1) is 12.8 Å². The molecule has 4 aliphatic rings. The van der Waals surface area contributed by atoms with Crippen molar-refractivity contribution in [3.8, 4) is 5.75 Å². The summed E-state index contributed by atoms with van der Waals surface area (Å²) in [6.45, 7) is 0. The van der Waals surface area contributed by atoms with Crippen LogP contribution in [0.2, 0.25) is 5.02 Å². The molecule has 5 rings (SSSR count). The Hall–Kier alpha value is -1.00. The van der Waals surface area contributed by atoms with E-state index in [0.717, 1.165) is 35.1 Å². The van der Waals surface area contributed by atoms with Crippen molar-refractivity contribution in [2.45, 2.75) is 38.1 Å². The third kappa shape index (κ3) is 3.03. The second-order valence-corrected chi connectivity index (χ2v) is 8.24. The molecule has 3 nitrogen and oxygen atoms in total. The maximum absolute atomic E-state index is 6.09. The lowest BCUT2D eigenvalue weighted by Crippen LogP contribution is -2.56. The molecule has 4 saturated carbocycles. The Kier molecular flexibility index (Phi) is 4.14. The maximum Gasteiger partial charge on any atom is 0.171 e. The Bertz CT molecular complexity index is 593. The average molecular weight is 351 g/mol. The van der Waals surface area contributed by atoms with E-state index in [-0.39, 0.29) is 0 Å². The molecule has 4 fully saturated rings. The van der Waals surface area contributed by atoms with Crippen molar-refractivity contribution in [3.63, 3.8) is 0 Å². The first kappa shape index (κ1) is 15.5. The summed E-state index contributed by atoms with van der Waals surface area (Å²) in [6, 6.07) is 6.06.